The molecular weight excluding hydrogens is 232 g/mol. The molecule has 0 saturated heterocycles. The van der Waals surface area contributed by atoms with Gasteiger partial charge in [0.25, 0.3) is 0 Å². The molecule has 0 aliphatic heterocycles. The number of nitrogens with one attached hydrogen (secondary N) is 1. The molecule has 5 heteroatoms. The zero-order valence-electron chi connectivity index (χ0n) is 11.3. The van der Waals surface area contributed by atoms with Crippen molar-refractivity contribution in [3.05, 3.63) is 0 Å². The maximum absolute atomic E-state index is 12.4. The van der Waals surface area contributed by atoms with Crippen molar-refractivity contribution in [2.75, 3.05) is 6.54 Å². The van der Waals surface area contributed by atoms with Gasteiger partial charge in [-0.15, -0.1) is 0 Å². The van der Waals surface area contributed by atoms with Gasteiger partial charge in [0.15, 0.2) is 0 Å². The standard InChI is InChI=1S/C13H24N2O3/c1-3-12(2,11(17)18)15-10(16)13(9-14)7-5-4-6-8-13/h3-9,14H2,1-2H3,(H,15,16)(H,17,18). The molecule has 0 radical (unpaired) electrons. The van der Waals surface area contributed by atoms with Crippen LogP contribution in [0.5, 0.6) is 0 Å². The molecule has 0 aromatic rings. The molecule has 0 bridgehead atoms. The molecule has 1 unspecified atom stereocenters. The fourth-order valence-electron chi connectivity index (χ4n) is 2.43. The summed E-state index contributed by atoms with van der Waals surface area (Å²) in [7, 11) is 0. The van der Waals surface area contributed by atoms with Crippen LogP contribution < -0.4 is 11.1 Å². The minimum absolute atomic E-state index is 0.198. The van der Waals surface area contributed by atoms with Crippen LogP contribution in [-0.4, -0.2) is 29.1 Å². The average Bonchev–Trinajstić information content (AvgIpc) is 2.38. The lowest BCUT2D eigenvalue weighted by Crippen LogP contribution is -2.58. The van der Waals surface area contributed by atoms with E-state index in [4.69, 9.17) is 5.73 Å². The van der Waals surface area contributed by atoms with E-state index in [-0.39, 0.29) is 12.5 Å². The van der Waals surface area contributed by atoms with Gasteiger partial charge in [0.1, 0.15) is 5.54 Å². The minimum atomic E-state index is -1.20. The van der Waals surface area contributed by atoms with Crippen molar-refractivity contribution in [1.29, 1.82) is 0 Å². The molecule has 5 nitrogen and oxygen atoms in total. The smallest absolute Gasteiger partial charge is 0.329 e. The number of carboxylic acid groups (broad SMARTS) is 1. The SMILES string of the molecule is CCC(C)(NC(=O)C1(CN)CCCCC1)C(=O)O. The van der Waals surface area contributed by atoms with Crippen molar-refractivity contribution >= 4 is 11.9 Å². The van der Waals surface area contributed by atoms with Crippen molar-refractivity contribution in [1.82, 2.24) is 5.32 Å². The highest BCUT2D eigenvalue weighted by Gasteiger charge is 2.42. The molecule has 1 aliphatic carbocycles. The summed E-state index contributed by atoms with van der Waals surface area (Å²) in [5.74, 6) is -1.20. The Morgan fingerprint density at radius 1 is 1.33 bits per heavy atom. The Morgan fingerprint density at radius 3 is 2.28 bits per heavy atom. The Kier molecular flexibility index (Phi) is 4.73. The first-order chi connectivity index (χ1) is 8.40. The van der Waals surface area contributed by atoms with Crippen LogP contribution in [0.2, 0.25) is 0 Å². The highest BCUT2D eigenvalue weighted by molar-refractivity contribution is 5.89. The Hall–Kier alpha value is -1.10. The first kappa shape index (κ1) is 15.0. The summed E-state index contributed by atoms with van der Waals surface area (Å²) in [5.41, 5.74) is 4.00. The fourth-order valence-corrected chi connectivity index (χ4v) is 2.43. The number of nitrogens with two attached hydrogens (primary N) is 1. The van der Waals surface area contributed by atoms with Gasteiger partial charge in [-0.05, 0) is 26.2 Å². The molecule has 0 aromatic carbocycles. The monoisotopic (exact) mass is 256 g/mol. The predicted octanol–water partition coefficient (Wildman–Crippen LogP) is 1.27. The summed E-state index contributed by atoms with van der Waals surface area (Å²) < 4.78 is 0. The largest absolute Gasteiger partial charge is 0.480 e. The lowest BCUT2D eigenvalue weighted by Gasteiger charge is -2.37. The van der Waals surface area contributed by atoms with E-state index in [9.17, 15) is 14.7 Å². The van der Waals surface area contributed by atoms with Crippen molar-refractivity contribution in [2.24, 2.45) is 11.1 Å². The summed E-state index contributed by atoms with van der Waals surface area (Å²) in [6.45, 7) is 3.59. The van der Waals surface area contributed by atoms with Gasteiger partial charge in [-0.25, -0.2) is 4.79 Å². The molecule has 1 amide bonds. The molecule has 1 aliphatic rings. The third-order valence-electron chi connectivity index (χ3n) is 4.25. The number of carbonyl (C=O) groups excluding carboxylic acids is 1. The van der Waals surface area contributed by atoms with E-state index in [2.05, 4.69) is 5.32 Å². The number of rotatable bonds is 5. The third kappa shape index (κ3) is 2.83. The Balaban J connectivity index is 2.82. The zero-order valence-corrected chi connectivity index (χ0v) is 11.3. The van der Waals surface area contributed by atoms with Gasteiger partial charge in [-0.3, -0.25) is 4.79 Å². The lowest BCUT2D eigenvalue weighted by atomic mass is 9.73. The molecule has 18 heavy (non-hydrogen) atoms. The maximum Gasteiger partial charge on any atom is 0.329 e. The van der Waals surface area contributed by atoms with E-state index in [1.807, 2.05) is 0 Å². The van der Waals surface area contributed by atoms with Crippen molar-refractivity contribution in [2.45, 2.75) is 57.9 Å². The van der Waals surface area contributed by atoms with Crippen LogP contribution in [0.1, 0.15) is 52.4 Å². The summed E-state index contributed by atoms with van der Waals surface area (Å²) in [6.07, 6.45) is 4.97. The van der Waals surface area contributed by atoms with Gasteiger partial charge in [0.05, 0.1) is 5.41 Å². The van der Waals surface area contributed by atoms with Crippen LogP contribution in [0, 0.1) is 5.41 Å². The fraction of sp³-hybridized carbons (Fsp3) is 0.846. The van der Waals surface area contributed by atoms with E-state index in [0.29, 0.717) is 6.42 Å². The topological polar surface area (TPSA) is 92.4 Å². The van der Waals surface area contributed by atoms with Crippen LogP contribution in [0.15, 0.2) is 0 Å². The Morgan fingerprint density at radius 2 is 1.89 bits per heavy atom. The van der Waals surface area contributed by atoms with Crippen molar-refractivity contribution < 1.29 is 14.7 Å². The van der Waals surface area contributed by atoms with Gasteiger partial charge in [0.2, 0.25) is 5.91 Å². The first-order valence-corrected chi connectivity index (χ1v) is 6.66. The van der Waals surface area contributed by atoms with E-state index in [1.54, 1.807) is 13.8 Å². The summed E-state index contributed by atoms with van der Waals surface area (Å²) in [6, 6.07) is 0. The number of hydrogen-bond acceptors (Lipinski definition) is 3. The highest BCUT2D eigenvalue weighted by Crippen LogP contribution is 2.36. The number of carbonyl (C=O) groups is 2. The normalized spacial score (nSPS) is 21.9. The van der Waals surface area contributed by atoms with Gasteiger partial charge in [-0.1, -0.05) is 26.2 Å². The predicted molar refractivity (Wildman–Crippen MR) is 69.0 cm³/mol. The van der Waals surface area contributed by atoms with E-state index in [0.717, 1.165) is 32.1 Å². The molecule has 4 N–H and O–H groups in total. The third-order valence-corrected chi connectivity index (χ3v) is 4.25. The van der Waals surface area contributed by atoms with Crippen LogP contribution in [0.25, 0.3) is 0 Å². The second kappa shape index (κ2) is 5.69. The first-order valence-electron chi connectivity index (χ1n) is 6.66. The summed E-state index contributed by atoms with van der Waals surface area (Å²) in [4.78, 5) is 23.6. The number of hydrogen-bond donors (Lipinski definition) is 3. The maximum atomic E-state index is 12.4. The molecule has 1 rings (SSSR count). The highest BCUT2D eigenvalue weighted by atomic mass is 16.4. The molecule has 1 saturated carbocycles. The number of carboxylic acids is 1. The minimum Gasteiger partial charge on any atom is -0.480 e. The molecule has 1 fully saturated rings. The number of aliphatic carboxylic acids is 1. The molecule has 0 heterocycles. The summed E-state index contributed by atoms with van der Waals surface area (Å²) >= 11 is 0. The van der Waals surface area contributed by atoms with Crippen LogP contribution >= 0.6 is 0 Å². The average molecular weight is 256 g/mol. The molecule has 1 atom stereocenters. The summed E-state index contributed by atoms with van der Waals surface area (Å²) in [5, 5.41) is 11.9. The van der Waals surface area contributed by atoms with Crippen LogP contribution in [0.4, 0.5) is 0 Å². The molecular formula is C13H24N2O3. The molecule has 0 spiro atoms. The van der Waals surface area contributed by atoms with Crippen molar-refractivity contribution in [3.8, 4) is 0 Å². The van der Waals surface area contributed by atoms with E-state index >= 15 is 0 Å². The van der Waals surface area contributed by atoms with Crippen LogP contribution in [0.3, 0.4) is 0 Å². The van der Waals surface area contributed by atoms with Crippen molar-refractivity contribution in [3.63, 3.8) is 0 Å². The Labute approximate surface area is 108 Å². The quantitative estimate of drug-likeness (QED) is 0.690. The molecule has 104 valence electrons. The van der Waals surface area contributed by atoms with Gasteiger partial charge in [-0.2, -0.15) is 0 Å². The second-order valence-corrected chi connectivity index (χ2v) is 5.49. The second-order valence-electron chi connectivity index (χ2n) is 5.49. The van der Waals surface area contributed by atoms with Crippen LogP contribution in [-0.2, 0) is 9.59 Å². The van der Waals surface area contributed by atoms with Gasteiger partial charge >= 0.3 is 5.97 Å². The van der Waals surface area contributed by atoms with Gasteiger partial charge in [0, 0.05) is 6.54 Å². The van der Waals surface area contributed by atoms with Gasteiger partial charge < -0.3 is 16.2 Å². The Bertz CT molecular complexity index is 324. The van der Waals surface area contributed by atoms with E-state index in [1.165, 1.54) is 0 Å². The lowest BCUT2D eigenvalue weighted by molar-refractivity contribution is -0.149. The number of amides is 1. The van der Waals surface area contributed by atoms with E-state index < -0.39 is 16.9 Å². The zero-order chi connectivity index (χ0) is 13.8. The molecule has 0 aromatic heterocycles.